The molecular formula is C26H18O4. The molecule has 4 nitrogen and oxygen atoms in total. The molecule has 0 bridgehead atoms. The van der Waals surface area contributed by atoms with E-state index >= 15 is 0 Å². The minimum Gasteiger partial charge on any atom is -0.456 e. The molecule has 2 heterocycles. The SMILES string of the molecule is Cc1ccc(C=O)c2cc(-c3ccc(-c4cc5c(C=O)ccc(C)c5o4)cc3)oc12. The van der Waals surface area contributed by atoms with Gasteiger partial charge in [-0.2, -0.15) is 0 Å². The molecule has 3 aromatic carbocycles. The summed E-state index contributed by atoms with van der Waals surface area (Å²) >= 11 is 0. The summed E-state index contributed by atoms with van der Waals surface area (Å²) in [5.41, 5.74) is 6.49. The molecule has 0 saturated carbocycles. The van der Waals surface area contributed by atoms with Gasteiger partial charge in [0, 0.05) is 33.0 Å². The Morgan fingerprint density at radius 1 is 0.600 bits per heavy atom. The zero-order chi connectivity index (χ0) is 20.8. The molecule has 0 aliphatic heterocycles. The Balaban J connectivity index is 1.57. The molecule has 30 heavy (non-hydrogen) atoms. The van der Waals surface area contributed by atoms with Gasteiger partial charge in [-0.05, 0) is 37.1 Å². The molecule has 0 fully saturated rings. The average molecular weight is 394 g/mol. The van der Waals surface area contributed by atoms with Crippen LogP contribution < -0.4 is 0 Å². The predicted octanol–water partition coefficient (Wildman–Crippen LogP) is 6.75. The van der Waals surface area contributed by atoms with Gasteiger partial charge in [0.25, 0.3) is 0 Å². The molecule has 0 radical (unpaired) electrons. The standard InChI is InChI=1S/C26H18O4/c1-15-3-5-19(13-27)21-11-23(29-25(15)21)17-7-9-18(10-8-17)24-12-22-20(14-28)6-4-16(2)26(22)30-24/h3-14H,1-2H3. The van der Waals surface area contributed by atoms with Crippen LogP contribution in [0, 0.1) is 13.8 Å². The van der Waals surface area contributed by atoms with E-state index in [1.54, 1.807) is 0 Å². The zero-order valence-electron chi connectivity index (χ0n) is 16.6. The second kappa shape index (κ2) is 6.85. The largest absolute Gasteiger partial charge is 0.456 e. The van der Waals surface area contributed by atoms with Crippen molar-refractivity contribution in [1.82, 2.24) is 0 Å². The van der Waals surface area contributed by atoms with E-state index in [2.05, 4.69) is 0 Å². The topological polar surface area (TPSA) is 60.4 Å². The Labute approximate surface area is 172 Å². The number of hydrogen-bond acceptors (Lipinski definition) is 4. The summed E-state index contributed by atoms with van der Waals surface area (Å²) in [6.07, 6.45) is 1.70. The molecule has 0 aliphatic rings. The summed E-state index contributed by atoms with van der Waals surface area (Å²) < 4.78 is 12.1. The maximum atomic E-state index is 11.3. The quantitative estimate of drug-likeness (QED) is 0.316. The molecule has 4 heteroatoms. The molecule has 5 aromatic rings. The Morgan fingerprint density at radius 3 is 1.37 bits per heavy atom. The average Bonchev–Trinajstić information content (AvgIpc) is 3.41. The van der Waals surface area contributed by atoms with Gasteiger partial charge in [0.15, 0.2) is 12.6 Å². The van der Waals surface area contributed by atoms with E-state index in [1.807, 2.05) is 74.5 Å². The second-order valence-electron chi connectivity index (χ2n) is 7.46. The van der Waals surface area contributed by atoms with Crippen molar-refractivity contribution in [2.24, 2.45) is 0 Å². The normalized spacial score (nSPS) is 11.3. The first-order valence-corrected chi connectivity index (χ1v) is 9.66. The third-order valence-electron chi connectivity index (χ3n) is 5.54. The highest BCUT2D eigenvalue weighted by atomic mass is 16.3. The van der Waals surface area contributed by atoms with Crippen molar-refractivity contribution >= 4 is 34.5 Å². The van der Waals surface area contributed by atoms with Gasteiger partial charge in [0.05, 0.1) is 0 Å². The summed E-state index contributed by atoms with van der Waals surface area (Å²) in [5, 5.41) is 1.64. The number of aldehydes is 2. The van der Waals surface area contributed by atoms with Gasteiger partial charge in [0.2, 0.25) is 0 Å². The summed E-state index contributed by atoms with van der Waals surface area (Å²) in [4.78, 5) is 22.7. The van der Waals surface area contributed by atoms with E-state index in [1.165, 1.54) is 0 Å². The van der Waals surface area contributed by atoms with Crippen LogP contribution in [0.2, 0.25) is 0 Å². The predicted molar refractivity (Wildman–Crippen MR) is 117 cm³/mol. The third-order valence-corrected chi connectivity index (χ3v) is 5.54. The van der Waals surface area contributed by atoms with Crippen molar-refractivity contribution < 1.29 is 18.4 Å². The van der Waals surface area contributed by atoms with Crippen molar-refractivity contribution in [3.05, 3.63) is 82.9 Å². The number of carbonyl (C=O) groups excluding carboxylic acids is 2. The van der Waals surface area contributed by atoms with Crippen LogP contribution >= 0.6 is 0 Å². The summed E-state index contributed by atoms with van der Waals surface area (Å²) in [6, 6.07) is 19.1. The molecule has 5 rings (SSSR count). The first-order chi connectivity index (χ1) is 14.6. The van der Waals surface area contributed by atoms with Crippen LogP contribution in [0.5, 0.6) is 0 Å². The Kier molecular flexibility index (Phi) is 4.14. The molecule has 146 valence electrons. The number of fused-ring (bicyclic) bond motifs is 2. The summed E-state index contributed by atoms with van der Waals surface area (Å²) in [5.74, 6) is 1.41. The van der Waals surface area contributed by atoms with E-state index in [0.717, 1.165) is 56.8 Å². The fraction of sp³-hybridized carbons (Fsp3) is 0.0769. The highest BCUT2D eigenvalue weighted by Crippen LogP contribution is 2.35. The number of carbonyl (C=O) groups is 2. The highest BCUT2D eigenvalue weighted by molar-refractivity contribution is 6.00. The smallest absolute Gasteiger partial charge is 0.150 e. The van der Waals surface area contributed by atoms with Crippen LogP contribution in [0.15, 0.2) is 69.5 Å². The number of furan rings is 2. The van der Waals surface area contributed by atoms with Crippen molar-refractivity contribution in [2.75, 3.05) is 0 Å². The molecule has 0 N–H and O–H groups in total. The molecular weight excluding hydrogens is 376 g/mol. The number of rotatable bonds is 4. The summed E-state index contributed by atoms with van der Waals surface area (Å²) in [7, 11) is 0. The lowest BCUT2D eigenvalue weighted by Crippen LogP contribution is -1.81. The molecule has 0 aliphatic carbocycles. The maximum absolute atomic E-state index is 11.3. The molecule has 0 spiro atoms. The van der Waals surface area contributed by atoms with Gasteiger partial charge in [-0.3, -0.25) is 9.59 Å². The minimum atomic E-state index is 0.617. The first-order valence-electron chi connectivity index (χ1n) is 9.66. The highest BCUT2D eigenvalue weighted by Gasteiger charge is 2.14. The minimum absolute atomic E-state index is 0.617. The lowest BCUT2D eigenvalue weighted by molar-refractivity contribution is 0.111. The van der Waals surface area contributed by atoms with Crippen LogP contribution in [0.1, 0.15) is 31.8 Å². The Bertz CT molecular complexity index is 1320. The molecule has 2 aromatic heterocycles. The zero-order valence-corrected chi connectivity index (χ0v) is 16.6. The number of hydrogen-bond donors (Lipinski definition) is 0. The van der Waals surface area contributed by atoms with Gasteiger partial charge >= 0.3 is 0 Å². The van der Waals surface area contributed by atoms with Crippen LogP contribution in [0.4, 0.5) is 0 Å². The fourth-order valence-electron chi connectivity index (χ4n) is 3.85. The van der Waals surface area contributed by atoms with Crippen molar-refractivity contribution in [2.45, 2.75) is 13.8 Å². The van der Waals surface area contributed by atoms with Crippen LogP contribution in [-0.2, 0) is 0 Å². The fourth-order valence-corrected chi connectivity index (χ4v) is 3.85. The van der Waals surface area contributed by atoms with Gasteiger partial charge < -0.3 is 8.83 Å². The maximum Gasteiger partial charge on any atom is 0.150 e. The van der Waals surface area contributed by atoms with E-state index in [0.29, 0.717) is 22.6 Å². The Hall–Kier alpha value is -3.92. The third kappa shape index (κ3) is 2.77. The molecule has 0 atom stereocenters. The van der Waals surface area contributed by atoms with Crippen molar-refractivity contribution in [3.63, 3.8) is 0 Å². The van der Waals surface area contributed by atoms with Gasteiger partial charge in [-0.1, -0.05) is 48.5 Å². The number of benzene rings is 3. The lowest BCUT2D eigenvalue weighted by atomic mass is 10.0. The van der Waals surface area contributed by atoms with Gasteiger partial charge in [-0.25, -0.2) is 0 Å². The molecule has 0 unspecified atom stereocenters. The van der Waals surface area contributed by atoms with Crippen LogP contribution in [-0.4, -0.2) is 12.6 Å². The van der Waals surface area contributed by atoms with Crippen molar-refractivity contribution in [3.8, 4) is 22.6 Å². The first kappa shape index (κ1) is 18.1. The molecule has 0 amide bonds. The van der Waals surface area contributed by atoms with E-state index < -0.39 is 0 Å². The van der Waals surface area contributed by atoms with Gasteiger partial charge in [0.1, 0.15) is 22.7 Å². The molecule has 0 saturated heterocycles. The van der Waals surface area contributed by atoms with Gasteiger partial charge in [-0.15, -0.1) is 0 Å². The van der Waals surface area contributed by atoms with Crippen LogP contribution in [0.25, 0.3) is 44.6 Å². The van der Waals surface area contributed by atoms with Crippen molar-refractivity contribution in [1.29, 1.82) is 0 Å². The number of aryl methyl sites for hydroxylation is 2. The van der Waals surface area contributed by atoms with E-state index in [4.69, 9.17) is 8.83 Å². The van der Waals surface area contributed by atoms with E-state index in [-0.39, 0.29) is 0 Å². The lowest BCUT2D eigenvalue weighted by Gasteiger charge is -2.00. The van der Waals surface area contributed by atoms with Crippen LogP contribution in [0.3, 0.4) is 0 Å². The van der Waals surface area contributed by atoms with E-state index in [9.17, 15) is 9.59 Å². The second-order valence-corrected chi connectivity index (χ2v) is 7.46. The summed E-state index contributed by atoms with van der Waals surface area (Å²) in [6.45, 7) is 3.93. The Morgan fingerprint density at radius 2 is 1.00 bits per heavy atom. The monoisotopic (exact) mass is 394 g/mol.